The van der Waals surface area contributed by atoms with E-state index in [4.69, 9.17) is 0 Å². The summed E-state index contributed by atoms with van der Waals surface area (Å²) in [6.45, 7) is 11.5. The minimum absolute atomic E-state index is 0.605. The Morgan fingerprint density at radius 2 is 1.38 bits per heavy atom. The van der Waals surface area contributed by atoms with Crippen molar-refractivity contribution >= 4 is 0 Å². The molecule has 32 heavy (non-hydrogen) atoms. The Hall–Kier alpha value is -1.64. The molecule has 2 unspecified atom stereocenters. The van der Waals surface area contributed by atoms with E-state index in [1.807, 2.05) is 0 Å². The highest BCUT2D eigenvalue weighted by Crippen LogP contribution is 2.32. The largest absolute Gasteiger partial charge is 0.337 e. The number of rotatable bonds is 8. The maximum Gasteiger partial charge on any atom is 0.103 e. The minimum Gasteiger partial charge on any atom is -0.337 e. The molecule has 2 atom stereocenters. The SMILES string of the molecule is CCC(CC(C)c1ccc(C[NH+]2CCC(C3CC[NH+](C)CC3)CC2)cc1)c1ccccc1. The molecule has 4 rings (SSSR count). The minimum atomic E-state index is 0.605. The summed E-state index contributed by atoms with van der Waals surface area (Å²) >= 11 is 0. The van der Waals surface area contributed by atoms with Crippen molar-refractivity contribution in [2.75, 3.05) is 33.2 Å². The van der Waals surface area contributed by atoms with Crippen LogP contribution in [0, 0.1) is 11.8 Å². The van der Waals surface area contributed by atoms with Gasteiger partial charge in [-0.3, -0.25) is 0 Å². The summed E-state index contributed by atoms with van der Waals surface area (Å²) in [7, 11) is 2.36. The summed E-state index contributed by atoms with van der Waals surface area (Å²) in [5, 5.41) is 0. The summed E-state index contributed by atoms with van der Waals surface area (Å²) in [5.41, 5.74) is 4.51. The van der Waals surface area contributed by atoms with Crippen molar-refractivity contribution in [2.45, 2.75) is 70.8 Å². The van der Waals surface area contributed by atoms with Gasteiger partial charge < -0.3 is 9.80 Å². The first-order valence-corrected chi connectivity index (χ1v) is 13.4. The summed E-state index contributed by atoms with van der Waals surface area (Å²) < 4.78 is 0. The van der Waals surface area contributed by atoms with Crippen molar-refractivity contribution < 1.29 is 9.80 Å². The molecule has 0 aliphatic carbocycles. The predicted octanol–water partition coefficient (Wildman–Crippen LogP) is 4.09. The van der Waals surface area contributed by atoms with E-state index in [0.29, 0.717) is 11.8 Å². The molecule has 0 saturated carbocycles. The quantitative estimate of drug-likeness (QED) is 0.619. The first-order chi connectivity index (χ1) is 15.6. The zero-order valence-electron chi connectivity index (χ0n) is 20.8. The third-order valence-corrected chi connectivity index (χ3v) is 8.69. The number of likely N-dealkylation sites (tertiary alicyclic amines) is 2. The fourth-order valence-electron chi connectivity index (χ4n) is 6.38. The second-order valence-corrected chi connectivity index (χ2v) is 11.0. The summed E-state index contributed by atoms with van der Waals surface area (Å²) in [6.07, 6.45) is 8.28. The second kappa shape index (κ2) is 11.5. The van der Waals surface area contributed by atoms with Crippen LogP contribution in [0.15, 0.2) is 54.6 Å². The Kier molecular flexibility index (Phi) is 8.43. The highest BCUT2D eigenvalue weighted by Gasteiger charge is 2.31. The third-order valence-electron chi connectivity index (χ3n) is 8.69. The van der Waals surface area contributed by atoms with Gasteiger partial charge in [0.15, 0.2) is 0 Å². The standard InChI is InChI=1S/C30H44N2/c1-4-26(28-8-6-5-7-9-28)22-24(2)27-12-10-25(11-13-27)23-32-20-16-30(17-21-32)29-14-18-31(3)19-15-29/h5-13,24,26,29-30H,4,14-23H2,1-3H3/p+2. The van der Waals surface area contributed by atoms with Crippen molar-refractivity contribution in [2.24, 2.45) is 11.8 Å². The molecule has 2 N–H and O–H groups in total. The van der Waals surface area contributed by atoms with Gasteiger partial charge in [-0.15, -0.1) is 0 Å². The van der Waals surface area contributed by atoms with E-state index in [0.717, 1.165) is 11.8 Å². The maximum atomic E-state index is 2.41. The van der Waals surface area contributed by atoms with Crippen LogP contribution >= 0.6 is 0 Å². The van der Waals surface area contributed by atoms with Gasteiger partial charge in [-0.05, 0) is 73.3 Å². The fourth-order valence-corrected chi connectivity index (χ4v) is 6.38. The molecule has 0 amide bonds. The van der Waals surface area contributed by atoms with Crippen molar-refractivity contribution in [3.63, 3.8) is 0 Å². The fraction of sp³-hybridized carbons (Fsp3) is 0.600. The zero-order valence-corrected chi connectivity index (χ0v) is 20.8. The van der Waals surface area contributed by atoms with Gasteiger partial charge in [0, 0.05) is 5.56 Å². The molecule has 2 saturated heterocycles. The molecular formula is C30H46N2+2. The van der Waals surface area contributed by atoms with Crippen LogP contribution in [-0.4, -0.2) is 33.2 Å². The van der Waals surface area contributed by atoms with Gasteiger partial charge in [0.1, 0.15) is 6.54 Å². The number of nitrogens with one attached hydrogen (secondary N) is 2. The summed E-state index contributed by atoms with van der Waals surface area (Å²) in [4.78, 5) is 3.54. The molecule has 2 nitrogen and oxygen atoms in total. The molecule has 174 valence electrons. The van der Waals surface area contributed by atoms with Crippen LogP contribution < -0.4 is 9.80 Å². The van der Waals surface area contributed by atoms with Crippen molar-refractivity contribution in [3.8, 4) is 0 Å². The van der Waals surface area contributed by atoms with Crippen molar-refractivity contribution in [1.82, 2.24) is 0 Å². The molecule has 2 heterocycles. The number of hydrogen-bond donors (Lipinski definition) is 2. The molecule has 0 radical (unpaired) electrons. The van der Waals surface area contributed by atoms with Crippen LogP contribution in [0.4, 0.5) is 0 Å². The lowest BCUT2D eigenvalue weighted by molar-refractivity contribution is -0.920. The van der Waals surface area contributed by atoms with E-state index in [1.54, 1.807) is 9.80 Å². The maximum absolute atomic E-state index is 2.41. The van der Waals surface area contributed by atoms with Crippen LogP contribution in [0.2, 0.25) is 0 Å². The smallest absolute Gasteiger partial charge is 0.103 e. The monoisotopic (exact) mass is 434 g/mol. The lowest BCUT2D eigenvalue weighted by atomic mass is 9.79. The highest BCUT2D eigenvalue weighted by molar-refractivity contribution is 5.26. The topological polar surface area (TPSA) is 8.88 Å². The van der Waals surface area contributed by atoms with Crippen molar-refractivity contribution in [1.29, 1.82) is 0 Å². The van der Waals surface area contributed by atoms with Gasteiger partial charge >= 0.3 is 0 Å². The van der Waals surface area contributed by atoms with E-state index in [2.05, 4.69) is 75.5 Å². The van der Waals surface area contributed by atoms with E-state index in [9.17, 15) is 0 Å². The van der Waals surface area contributed by atoms with Gasteiger partial charge in [-0.2, -0.15) is 0 Å². The van der Waals surface area contributed by atoms with Crippen LogP contribution in [0.3, 0.4) is 0 Å². The number of piperidine rings is 2. The molecule has 2 aromatic rings. The predicted molar refractivity (Wildman–Crippen MR) is 135 cm³/mol. The van der Waals surface area contributed by atoms with E-state index >= 15 is 0 Å². The molecule has 2 aliphatic rings. The van der Waals surface area contributed by atoms with Crippen LogP contribution in [-0.2, 0) is 6.54 Å². The molecular weight excluding hydrogens is 388 g/mol. The van der Waals surface area contributed by atoms with Crippen molar-refractivity contribution in [3.05, 3.63) is 71.3 Å². The molecule has 0 aromatic heterocycles. The van der Waals surface area contributed by atoms with Gasteiger partial charge in [0.2, 0.25) is 0 Å². The average molecular weight is 435 g/mol. The Bertz CT molecular complexity index is 783. The van der Waals surface area contributed by atoms with Gasteiger partial charge in [-0.25, -0.2) is 0 Å². The number of quaternary nitrogens is 2. The van der Waals surface area contributed by atoms with Gasteiger partial charge in [0.25, 0.3) is 0 Å². The van der Waals surface area contributed by atoms with Gasteiger partial charge in [-0.1, -0.05) is 68.4 Å². The third kappa shape index (κ3) is 6.23. The van der Waals surface area contributed by atoms with Crippen LogP contribution in [0.25, 0.3) is 0 Å². The molecule has 2 fully saturated rings. The Morgan fingerprint density at radius 1 is 0.781 bits per heavy atom. The lowest BCUT2D eigenvalue weighted by Crippen LogP contribution is -3.12. The normalized spacial score (nSPS) is 28.2. The van der Waals surface area contributed by atoms with E-state index < -0.39 is 0 Å². The molecule has 0 spiro atoms. The zero-order chi connectivity index (χ0) is 22.3. The second-order valence-electron chi connectivity index (χ2n) is 11.0. The Labute approximate surface area is 197 Å². The number of benzene rings is 2. The lowest BCUT2D eigenvalue weighted by Gasteiger charge is -2.36. The van der Waals surface area contributed by atoms with Crippen LogP contribution in [0.5, 0.6) is 0 Å². The summed E-state index contributed by atoms with van der Waals surface area (Å²) in [5.74, 6) is 3.28. The molecule has 0 bridgehead atoms. The summed E-state index contributed by atoms with van der Waals surface area (Å²) in [6, 6.07) is 20.7. The average Bonchev–Trinajstić information content (AvgIpc) is 2.84. The highest BCUT2D eigenvalue weighted by atomic mass is 15.1. The van der Waals surface area contributed by atoms with Crippen LogP contribution in [0.1, 0.15) is 80.9 Å². The molecule has 2 aromatic carbocycles. The molecule has 2 aliphatic heterocycles. The van der Waals surface area contributed by atoms with E-state index in [-0.39, 0.29) is 0 Å². The number of hydrogen-bond acceptors (Lipinski definition) is 0. The Morgan fingerprint density at radius 3 is 1.97 bits per heavy atom. The van der Waals surface area contributed by atoms with E-state index in [1.165, 1.54) is 87.9 Å². The van der Waals surface area contributed by atoms with Gasteiger partial charge in [0.05, 0.1) is 33.2 Å². The first-order valence-electron chi connectivity index (χ1n) is 13.4. The first kappa shape index (κ1) is 23.5. The molecule has 2 heteroatoms. The Balaban J connectivity index is 1.25.